The van der Waals surface area contributed by atoms with E-state index in [1.165, 1.54) is 5.56 Å². The fraction of sp³-hybridized carbons (Fsp3) is 0.263. The summed E-state index contributed by atoms with van der Waals surface area (Å²) in [6, 6.07) is 16.9. The Morgan fingerprint density at radius 3 is 2.26 bits per heavy atom. The highest BCUT2D eigenvalue weighted by Gasteiger charge is 2.15. The molecule has 0 unspecified atom stereocenters. The summed E-state index contributed by atoms with van der Waals surface area (Å²) in [5, 5.41) is 0. The van der Waals surface area contributed by atoms with Crippen LogP contribution in [0.1, 0.15) is 24.5 Å². The van der Waals surface area contributed by atoms with Crippen molar-refractivity contribution in [2.24, 2.45) is 0 Å². The van der Waals surface area contributed by atoms with Gasteiger partial charge in [-0.25, -0.2) is 4.79 Å². The van der Waals surface area contributed by atoms with Crippen LogP contribution in [0.5, 0.6) is 5.75 Å². The number of ketones is 1. The van der Waals surface area contributed by atoms with Gasteiger partial charge in [-0.2, -0.15) is 0 Å². The maximum atomic E-state index is 11.7. The normalized spacial score (nSPS) is 10.1. The number of rotatable bonds is 8. The van der Waals surface area contributed by atoms with Gasteiger partial charge >= 0.3 is 5.97 Å². The Morgan fingerprint density at radius 2 is 1.61 bits per heavy atom. The average Bonchev–Trinajstić information content (AvgIpc) is 2.61. The zero-order chi connectivity index (χ0) is 16.5. The Balaban J connectivity index is 1.70. The third kappa shape index (κ3) is 5.58. The minimum Gasteiger partial charge on any atom is -0.493 e. The van der Waals surface area contributed by atoms with Gasteiger partial charge in [0.05, 0.1) is 13.0 Å². The molecular weight excluding hydrogens is 292 g/mol. The van der Waals surface area contributed by atoms with Gasteiger partial charge in [0.2, 0.25) is 5.78 Å². The number of benzene rings is 2. The van der Waals surface area contributed by atoms with E-state index in [9.17, 15) is 9.59 Å². The first-order valence-electron chi connectivity index (χ1n) is 7.64. The van der Waals surface area contributed by atoms with Crippen LogP contribution in [0.3, 0.4) is 0 Å². The van der Waals surface area contributed by atoms with Crippen LogP contribution in [0.25, 0.3) is 0 Å². The molecule has 0 bridgehead atoms. The predicted molar refractivity (Wildman–Crippen MR) is 87.2 cm³/mol. The van der Waals surface area contributed by atoms with Crippen LogP contribution in [0.2, 0.25) is 0 Å². The SMILES string of the molecule is CCc1ccc(OCCC(=O)C(=O)OCc2ccccc2)cc1. The summed E-state index contributed by atoms with van der Waals surface area (Å²) in [5.41, 5.74) is 2.07. The Labute approximate surface area is 136 Å². The van der Waals surface area contributed by atoms with Crippen molar-refractivity contribution in [2.75, 3.05) is 6.61 Å². The van der Waals surface area contributed by atoms with Gasteiger partial charge in [0, 0.05) is 0 Å². The first-order chi connectivity index (χ1) is 11.2. The molecule has 4 nitrogen and oxygen atoms in total. The summed E-state index contributed by atoms with van der Waals surface area (Å²) in [6.45, 7) is 2.34. The maximum absolute atomic E-state index is 11.7. The second kappa shape index (κ2) is 8.73. The molecule has 0 N–H and O–H groups in total. The highest BCUT2D eigenvalue weighted by molar-refractivity contribution is 6.33. The molecule has 0 aromatic heterocycles. The van der Waals surface area contributed by atoms with E-state index in [0.29, 0.717) is 5.75 Å². The van der Waals surface area contributed by atoms with E-state index in [4.69, 9.17) is 9.47 Å². The minimum atomic E-state index is -0.821. The molecule has 0 radical (unpaired) electrons. The summed E-state index contributed by atoms with van der Waals surface area (Å²) >= 11 is 0. The van der Waals surface area contributed by atoms with E-state index >= 15 is 0 Å². The third-order valence-electron chi connectivity index (χ3n) is 3.37. The van der Waals surface area contributed by atoms with Gasteiger partial charge in [-0.3, -0.25) is 4.79 Å². The number of Topliss-reactive ketones (excluding diaryl/α,β-unsaturated/α-hetero) is 1. The second-order valence-electron chi connectivity index (χ2n) is 5.08. The zero-order valence-corrected chi connectivity index (χ0v) is 13.2. The molecule has 0 saturated heterocycles. The molecule has 0 fully saturated rings. The quantitative estimate of drug-likeness (QED) is 0.554. The van der Waals surface area contributed by atoms with Crippen LogP contribution in [-0.4, -0.2) is 18.4 Å². The highest BCUT2D eigenvalue weighted by Crippen LogP contribution is 2.12. The molecule has 0 amide bonds. The first-order valence-corrected chi connectivity index (χ1v) is 7.64. The summed E-state index contributed by atoms with van der Waals surface area (Å²) in [4.78, 5) is 23.3. The fourth-order valence-electron chi connectivity index (χ4n) is 1.99. The van der Waals surface area contributed by atoms with Crippen molar-refractivity contribution in [1.82, 2.24) is 0 Å². The number of esters is 1. The van der Waals surface area contributed by atoms with Gasteiger partial charge in [-0.1, -0.05) is 49.4 Å². The van der Waals surface area contributed by atoms with Crippen LogP contribution >= 0.6 is 0 Å². The lowest BCUT2D eigenvalue weighted by Crippen LogP contribution is -2.19. The molecule has 0 spiro atoms. The molecule has 2 rings (SSSR count). The molecule has 0 atom stereocenters. The highest BCUT2D eigenvalue weighted by atomic mass is 16.5. The van der Waals surface area contributed by atoms with Crippen LogP contribution in [0.15, 0.2) is 54.6 Å². The zero-order valence-electron chi connectivity index (χ0n) is 13.2. The number of aryl methyl sites for hydroxylation is 1. The van der Waals surface area contributed by atoms with Gasteiger partial charge in [-0.05, 0) is 29.7 Å². The van der Waals surface area contributed by atoms with Crippen LogP contribution in [0.4, 0.5) is 0 Å². The Morgan fingerprint density at radius 1 is 0.913 bits per heavy atom. The predicted octanol–water partition coefficient (Wildman–Crippen LogP) is 3.33. The van der Waals surface area contributed by atoms with Gasteiger partial charge in [0.25, 0.3) is 0 Å². The molecule has 120 valence electrons. The molecule has 2 aromatic carbocycles. The van der Waals surface area contributed by atoms with Gasteiger partial charge in [-0.15, -0.1) is 0 Å². The smallest absolute Gasteiger partial charge is 0.375 e. The number of carbonyl (C=O) groups is 2. The summed E-state index contributed by atoms with van der Waals surface area (Å²) in [6.07, 6.45) is 0.967. The lowest BCUT2D eigenvalue weighted by Gasteiger charge is -2.07. The van der Waals surface area contributed by atoms with Crippen LogP contribution < -0.4 is 4.74 Å². The largest absolute Gasteiger partial charge is 0.493 e. The van der Waals surface area contributed by atoms with Crippen LogP contribution in [0, 0.1) is 0 Å². The lowest BCUT2D eigenvalue weighted by atomic mass is 10.2. The van der Waals surface area contributed by atoms with Gasteiger partial charge in [0.15, 0.2) is 0 Å². The third-order valence-corrected chi connectivity index (χ3v) is 3.37. The van der Waals surface area contributed by atoms with E-state index < -0.39 is 11.8 Å². The minimum absolute atomic E-state index is 0.00313. The van der Waals surface area contributed by atoms with E-state index in [0.717, 1.165) is 12.0 Å². The standard InChI is InChI=1S/C19H20O4/c1-2-15-8-10-17(11-9-15)22-13-12-18(20)19(21)23-14-16-6-4-3-5-7-16/h3-11H,2,12-14H2,1H3. The van der Waals surface area contributed by atoms with Gasteiger partial charge in [0.1, 0.15) is 12.4 Å². The van der Waals surface area contributed by atoms with Crippen molar-refractivity contribution >= 4 is 11.8 Å². The molecule has 23 heavy (non-hydrogen) atoms. The summed E-state index contributed by atoms with van der Waals surface area (Å²) in [5.74, 6) is -0.711. The van der Waals surface area contributed by atoms with E-state index in [1.807, 2.05) is 54.6 Å². The summed E-state index contributed by atoms with van der Waals surface area (Å²) in [7, 11) is 0. The topological polar surface area (TPSA) is 52.6 Å². The average molecular weight is 312 g/mol. The lowest BCUT2D eigenvalue weighted by molar-refractivity contribution is -0.155. The number of carbonyl (C=O) groups excluding carboxylic acids is 2. The molecule has 0 heterocycles. The number of hydrogen-bond acceptors (Lipinski definition) is 4. The monoisotopic (exact) mass is 312 g/mol. The first kappa shape index (κ1) is 16.7. The Bertz CT molecular complexity index is 632. The van der Waals surface area contributed by atoms with Crippen molar-refractivity contribution in [1.29, 1.82) is 0 Å². The van der Waals surface area contributed by atoms with E-state index in [2.05, 4.69) is 6.92 Å². The molecule has 4 heteroatoms. The number of hydrogen-bond donors (Lipinski definition) is 0. The molecule has 0 aliphatic rings. The second-order valence-corrected chi connectivity index (χ2v) is 5.08. The molecule has 0 aliphatic carbocycles. The number of ether oxygens (including phenoxy) is 2. The summed E-state index contributed by atoms with van der Waals surface area (Å²) < 4.78 is 10.4. The molecule has 0 saturated carbocycles. The molecular formula is C19H20O4. The maximum Gasteiger partial charge on any atom is 0.375 e. The fourth-order valence-corrected chi connectivity index (χ4v) is 1.99. The Kier molecular flexibility index (Phi) is 6.36. The van der Waals surface area contributed by atoms with Crippen LogP contribution in [-0.2, 0) is 27.4 Å². The van der Waals surface area contributed by atoms with Crippen molar-refractivity contribution < 1.29 is 19.1 Å². The van der Waals surface area contributed by atoms with Crippen molar-refractivity contribution in [3.8, 4) is 5.75 Å². The van der Waals surface area contributed by atoms with E-state index in [1.54, 1.807) is 0 Å². The molecule has 0 aliphatic heterocycles. The van der Waals surface area contributed by atoms with E-state index in [-0.39, 0.29) is 19.6 Å². The van der Waals surface area contributed by atoms with Crippen molar-refractivity contribution in [3.05, 3.63) is 65.7 Å². The Hall–Kier alpha value is -2.62. The van der Waals surface area contributed by atoms with Gasteiger partial charge < -0.3 is 9.47 Å². The molecule has 2 aromatic rings. The van der Waals surface area contributed by atoms with Crippen molar-refractivity contribution in [2.45, 2.75) is 26.4 Å². The van der Waals surface area contributed by atoms with Crippen molar-refractivity contribution in [3.63, 3.8) is 0 Å².